The molecule has 0 aromatic heterocycles. The molecule has 0 fully saturated rings. The van der Waals surface area contributed by atoms with Gasteiger partial charge in [-0.15, -0.1) is 12.3 Å². The summed E-state index contributed by atoms with van der Waals surface area (Å²) in [6, 6.07) is 7.98. The van der Waals surface area contributed by atoms with Crippen LogP contribution in [0, 0.1) is 12.3 Å². The minimum atomic E-state index is 0.648. The predicted molar refractivity (Wildman–Crippen MR) is 54.5 cm³/mol. The third-order valence-electron chi connectivity index (χ3n) is 1.85. The standard InChI is InChI=1S/C12H12O/c1-2-6-11-7-3-4-8-12(11)9-5-10-13/h1,3-5,7-8,10,13H,6,9H2/b10-5+. The summed E-state index contributed by atoms with van der Waals surface area (Å²) in [6.07, 6.45) is 9.39. The van der Waals surface area contributed by atoms with Crippen molar-refractivity contribution in [1.29, 1.82) is 0 Å². The lowest BCUT2D eigenvalue weighted by Crippen LogP contribution is -1.90. The van der Waals surface area contributed by atoms with E-state index in [0.29, 0.717) is 6.42 Å². The summed E-state index contributed by atoms with van der Waals surface area (Å²) < 4.78 is 0. The van der Waals surface area contributed by atoms with Crippen LogP contribution in [0.15, 0.2) is 36.6 Å². The summed E-state index contributed by atoms with van der Waals surface area (Å²) in [4.78, 5) is 0. The van der Waals surface area contributed by atoms with Crippen LogP contribution in [0.25, 0.3) is 0 Å². The molecule has 1 N–H and O–H groups in total. The first-order valence-corrected chi connectivity index (χ1v) is 4.18. The quantitative estimate of drug-likeness (QED) is 0.548. The molecule has 13 heavy (non-hydrogen) atoms. The van der Waals surface area contributed by atoms with E-state index in [4.69, 9.17) is 11.5 Å². The number of hydrogen-bond acceptors (Lipinski definition) is 1. The van der Waals surface area contributed by atoms with Crippen molar-refractivity contribution >= 4 is 0 Å². The molecule has 1 heteroatoms. The van der Waals surface area contributed by atoms with E-state index in [1.807, 2.05) is 24.3 Å². The van der Waals surface area contributed by atoms with E-state index in [-0.39, 0.29) is 0 Å². The van der Waals surface area contributed by atoms with Gasteiger partial charge in [0.1, 0.15) is 0 Å². The van der Waals surface area contributed by atoms with Crippen LogP contribution in [0.5, 0.6) is 0 Å². The molecule has 1 nitrogen and oxygen atoms in total. The highest BCUT2D eigenvalue weighted by Gasteiger charge is 1.97. The lowest BCUT2D eigenvalue weighted by atomic mass is 10.0. The topological polar surface area (TPSA) is 20.2 Å². The van der Waals surface area contributed by atoms with E-state index < -0.39 is 0 Å². The molecule has 0 aliphatic carbocycles. The largest absolute Gasteiger partial charge is 0.516 e. The van der Waals surface area contributed by atoms with Gasteiger partial charge in [-0.2, -0.15) is 0 Å². The van der Waals surface area contributed by atoms with Crippen LogP contribution in [0.4, 0.5) is 0 Å². The van der Waals surface area contributed by atoms with Crippen LogP contribution in [0.3, 0.4) is 0 Å². The SMILES string of the molecule is C#CCc1ccccc1C/C=C/O. The molecule has 1 aromatic rings. The van der Waals surface area contributed by atoms with E-state index in [1.165, 1.54) is 5.56 Å². The van der Waals surface area contributed by atoms with Crippen molar-refractivity contribution in [2.24, 2.45) is 0 Å². The molecule has 1 rings (SSSR count). The Morgan fingerprint density at radius 3 is 2.62 bits per heavy atom. The average molecular weight is 172 g/mol. The Bertz CT molecular complexity index is 331. The van der Waals surface area contributed by atoms with Gasteiger partial charge in [-0.3, -0.25) is 0 Å². The van der Waals surface area contributed by atoms with Gasteiger partial charge in [-0.05, 0) is 23.6 Å². The minimum absolute atomic E-state index is 0.648. The fraction of sp³-hybridized carbons (Fsp3) is 0.167. The fourth-order valence-corrected chi connectivity index (χ4v) is 1.22. The van der Waals surface area contributed by atoms with Crippen LogP contribution in [0.1, 0.15) is 11.1 Å². The molecule has 0 saturated carbocycles. The Hall–Kier alpha value is -1.68. The molecule has 0 amide bonds. The highest BCUT2D eigenvalue weighted by Crippen LogP contribution is 2.10. The molecule has 0 bridgehead atoms. The van der Waals surface area contributed by atoms with Gasteiger partial charge >= 0.3 is 0 Å². The van der Waals surface area contributed by atoms with Crippen LogP contribution in [-0.4, -0.2) is 5.11 Å². The number of aliphatic hydroxyl groups is 1. The Labute approximate surface area is 78.7 Å². The lowest BCUT2D eigenvalue weighted by molar-refractivity contribution is 0.471. The second-order valence-corrected chi connectivity index (χ2v) is 2.74. The first-order chi connectivity index (χ1) is 6.38. The fourth-order valence-electron chi connectivity index (χ4n) is 1.22. The third kappa shape index (κ3) is 2.68. The number of aliphatic hydroxyl groups excluding tert-OH is 1. The first-order valence-electron chi connectivity index (χ1n) is 4.18. The zero-order valence-electron chi connectivity index (χ0n) is 7.40. The summed E-state index contributed by atoms with van der Waals surface area (Å²) in [5.41, 5.74) is 2.33. The van der Waals surface area contributed by atoms with Gasteiger partial charge in [0.2, 0.25) is 0 Å². The molecular formula is C12H12O. The number of allylic oxidation sites excluding steroid dienone is 1. The Balaban J connectivity index is 2.85. The highest BCUT2D eigenvalue weighted by atomic mass is 16.2. The van der Waals surface area contributed by atoms with Crippen molar-refractivity contribution in [3.8, 4) is 12.3 Å². The van der Waals surface area contributed by atoms with Crippen molar-refractivity contribution in [3.63, 3.8) is 0 Å². The van der Waals surface area contributed by atoms with Crippen LogP contribution in [-0.2, 0) is 12.8 Å². The molecule has 1 aromatic carbocycles. The van der Waals surface area contributed by atoms with Gasteiger partial charge in [0.15, 0.2) is 0 Å². The van der Waals surface area contributed by atoms with E-state index in [9.17, 15) is 0 Å². The average Bonchev–Trinajstić information content (AvgIpc) is 2.17. The van der Waals surface area contributed by atoms with Crippen LogP contribution in [0.2, 0.25) is 0 Å². The Kier molecular flexibility index (Phi) is 3.66. The van der Waals surface area contributed by atoms with Crippen molar-refractivity contribution in [1.82, 2.24) is 0 Å². The van der Waals surface area contributed by atoms with Crippen molar-refractivity contribution in [3.05, 3.63) is 47.7 Å². The van der Waals surface area contributed by atoms with E-state index in [1.54, 1.807) is 6.08 Å². The van der Waals surface area contributed by atoms with Gasteiger partial charge in [0, 0.05) is 6.42 Å². The summed E-state index contributed by atoms with van der Waals surface area (Å²) >= 11 is 0. The van der Waals surface area contributed by atoms with Crippen molar-refractivity contribution < 1.29 is 5.11 Å². The maximum atomic E-state index is 8.53. The summed E-state index contributed by atoms with van der Waals surface area (Å²) in [7, 11) is 0. The lowest BCUT2D eigenvalue weighted by Gasteiger charge is -2.02. The zero-order valence-corrected chi connectivity index (χ0v) is 7.40. The smallest absolute Gasteiger partial charge is 0.0755 e. The molecule has 0 heterocycles. The van der Waals surface area contributed by atoms with Crippen LogP contribution < -0.4 is 0 Å². The monoisotopic (exact) mass is 172 g/mol. The van der Waals surface area contributed by atoms with Gasteiger partial charge in [-0.25, -0.2) is 0 Å². The second-order valence-electron chi connectivity index (χ2n) is 2.74. The van der Waals surface area contributed by atoms with E-state index in [0.717, 1.165) is 18.2 Å². The molecule has 0 radical (unpaired) electrons. The maximum absolute atomic E-state index is 8.53. The molecule has 0 atom stereocenters. The van der Waals surface area contributed by atoms with Gasteiger partial charge < -0.3 is 5.11 Å². The molecule has 66 valence electrons. The van der Waals surface area contributed by atoms with E-state index >= 15 is 0 Å². The van der Waals surface area contributed by atoms with Gasteiger partial charge in [-0.1, -0.05) is 24.3 Å². The summed E-state index contributed by atoms with van der Waals surface area (Å²) in [5.74, 6) is 2.61. The number of terminal acetylenes is 1. The predicted octanol–water partition coefficient (Wildman–Crippen LogP) is 2.48. The molecular weight excluding hydrogens is 160 g/mol. The Morgan fingerprint density at radius 1 is 1.31 bits per heavy atom. The van der Waals surface area contributed by atoms with Gasteiger partial charge in [0.25, 0.3) is 0 Å². The molecule has 0 aliphatic rings. The zero-order chi connectivity index (χ0) is 9.52. The number of rotatable bonds is 3. The summed E-state index contributed by atoms with van der Waals surface area (Å²) in [6.45, 7) is 0. The molecule has 0 aliphatic heterocycles. The Morgan fingerprint density at radius 2 is 2.00 bits per heavy atom. The van der Waals surface area contributed by atoms with E-state index in [2.05, 4.69) is 5.92 Å². The highest BCUT2D eigenvalue weighted by molar-refractivity contribution is 5.31. The normalized spacial score (nSPS) is 10.1. The number of benzene rings is 1. The first kappa shape index (κ1) is 9.41. The van der Waals surface area contributed by atoms with Gasteiger partial charge in [0.05, 0.1) is 6.26 Å². The summed E-state index contributed by atoms with van der Waals surface area (Å²) in [5, 5.41) is 8.53. The van der Waals surface area contributed by atoms with Crippen molar-refractivity contribution in [2.45, 2.75) is 12.8 Å². The molecule has 0 saturated heterocycles. The molecule has 0 spiro atoms. The maximum Gasteiger partial charge on any atom is 0.0755 e. The van der Waals surface area contributed by atoms with Crippen LogP contribution >= 0.6 is 0 Å². The number of hydrogen-bond donors (Lipinski definition) is 1. The second kappa shape index (κ2) is 5.05. The van der Waals surface area contributed by atoms with Crippen molar-refractivity contribution in [2.75, 3.05) is 0 Å². The minimum Gasteiger partial charge on any atom is -0.516 e. The third-order valence-corrected chi connectivity index (χ3v) is 1.85. The molecule has 0 unspecified atom stereocenters.